The Balaban J connectivity index is 1.44. The van der Waals surface area contributed by atoms with Crippen LogP contribution in [0.4, 0.5) is 24.7 Å². The number of hydrogen-bond donors (Lipinski definition) is 3. The van der Waals surface area contributed by atoms with E-state index in [9.17, 15) is 18.0 Å². The number of carbonyl (C=O) groups is 1. The Morgan fingerprint density at radius 3 is 2.73 bits per heavy atom. The Hall–Kier alpha value is -3.64. The molecule has 0 spiro atoms. The topological polar surface area (TPSA) is 117 Å². The number of likely N-dealkylation sites (tertiary alicyclic amines) is 1. The van der Waals surface area contributed by atoms with E-state index in [-0.39, 0.29) is 28.2 Å². The summed E-state index contributed by atoms with van der Waals surface area (Å²) in [5.41, 5.74) is 6.00. The fraction of sp³-hybridized carbons (Fsp3) is 0.200. The lowest BCUT2D eigenvalue weighted by Gasteiger charge is -2.37. The van der Waals surface area contributed by atoms with Gasteiger partial charge in [-0.2, -0.15) is 18.3 Å². The van der Waals surface area contributed by atoms with Gasteiger partial charge in [-0.3, -0.25) is 14.3 Å². The van der Waals surface area contributed by atoms with Gasteiger partial charge in [-0.05, 0) is 18.2 Å². The van der Waals surface area contributed by atoms with Gasteiger partial charge in [0.1, 0.15) is 5.69 Å². The van der Waals surface area contributed by atoms with Gasteiger partial charge in [0.2, 0.25) is 0 Å². The molecule has 9 nitrogen and oxygen atoms in total. The van der Waals surface area contributed by atoms with Crippen molar-refractivity contribution in [1.29, 1.82) is 0 Å². The van der Waals surface area contributed by atoms with Gasteiger partial charge >= 0.3 is 6.18 Å². The maximum absolute atomic E-state index is 13.3. The number of halogens is 4. The van der Waals surface area contributed by atoms with E-state index in [1.54, 1.807) is 23.1 Å². The summed E-state index contributed by atoms with van der Waals surface area (Å²) in [7, 11) is 0. The van der Waals surface area contributed by atoms with Crippen molar-refractivity contribution in [2.45, 2.75) is 12.2 Å². The van der Waals surface area contributed by atoms with Gasteiger partial charge in [-0.15, -0.1) is 0 Å². The molecular formula is C20H16ClF3N8O. The zero-order valence-corrected chi connectivity index (χ0v) is 17.5. The van der Waals surface area contributed by atoms with Crippen molar-refractivity contribution >= 4 is 34.7 Å². The molecule has 33 heavy (non-hydrogen) atoms. The van der Waals surface area contributed by atoms with Crippen LogP contribution in [-0.4, -0.2) is 54.5 Å². The van der Waals surface area contributed by atoms with Gasteiger partial charge in [0, 0.05) is 37.2 Å². The Kier molecular flexibility index (Phi) is 4.98. The van der Waals surface area contributed by atoms with Crippen LogP contribution in [0, 0.1) is 0 Å². The molecule has 1 aromatic carbocycles. The number of imidazole rings is 1. The standard InChI is InChI=1S/C20H16ClF3N8O/c21-14-5-11(1-2-12(14)19(33)31-8-10(25)9-31)29-17-18-27-7-15(32(18)4-3-26-17)13-6-28-30-16(13)20(22,23)24/h1-7,10H,8-9,25H2,(H,26,29)(H,28,30). The Morgan fingerprint density at radius 1 is 1.24 bits per heavy atom. The van der Waals surface area contributed by atoms with Gasteiger partial charge < -0.3 is 16.0 Å². The number of H-pyrrole nitrogens is 1. The highest BCUT2D eigenvalue weighted by Gasteiger charge is 2.36. The van der Waals surface area contributed by atoms with E-state index in [0.717, 1.165) is 6.20 Å². The van der Waals surface area contributed by atoms with Crippen molar-refractivity contribution < 1.29 is 18.0 Å². The number of amides is 1. The van der Waals surface area contributed by atoms with Crippen molar-refractivity contribution in [3.05, 3.63) is 59.3 Å². The van der Waals surface area contributed by atoms with E-state index >= 15 is 0 Å². The summed E-state index contributed by atoms with van der Waals surface area (Å²) in [5.74, 6) is 0.0941. The monoisotopic (exact) mass is 476 g/mol. The highest BCUT2D eigenvalue weighted by atomic mass is 35.5. The molecule has 3 aromatic heterocycles. The van der Waals surface area contributed by atoms with E-state index in [1.807, 2.05) is 5.10 Å². The SMILES string of the molecule is NC1CN(C(=O)c2ccc(Nc3nccn4c(-c5cn[nH]c5C(F)(F)F)cnc34)cc2Cl)C1. The second kappa shape index (κ2) is 7.74. The number of benzene rings is 1. The van der Waals surface area contributed by atoms with E-state index in [0.29, 0.717) is 35.8 Å². The largest absolute Gasteiger partial charge is 0.433 e. The number of hydrogen-bond acceptors (Lipinski definition) is 6. The van der Waals surface area contributed by atoms with E-state index in [4.69, 9.17) is 17.3 Å². The minimum absolute atomic E-state index is 0.0195. The van der Waals surface area contributed by atoms with Crippen LogP contribution >= 0.6 is 11.6 Å². The average Bonchev–Trinajstić information content (AvgIpc) is 3.38. The lowest BCUT2D eigenvalue weighted by Crippen LogP contribution is -2.57. The first kappa shape index (κ1) is 21.2. The molecule has 0 atom stereocenters. The molecule has 1 fully saturated rings. The summed E-state index contributed by atoms with van der Waals surface area (Å²) in [6, 6.07) is 4.80. The van der Waals surface area contributed by atoms with Crippen LogP contribution in [0.1, 0.15) is 16.1 Å². The van der Waals surface area contributed by atoms with Gasteiger partial charge in [0.05, 0.1) is 34.2 Å². The summed E-state index contributed by atoms with van der Waals surface area (Å²) in [6.45, 7) is 0.964. The zero-order chi connectivity index (χ0) is 23.3. The molecule has 0 radical (unpaired) electrons. The van der Waals surface area contributed by atoms with Gasteiger partial charge in [0.25, 0.3) is 5.91 Å². The summed E-state index contributed by atoms with van der Waals surface area (Å²) < 4.78 is 41.3. The predicted molar refractivity (Wildman–Crippen MR) is 114 cm³/mol. The third-order valence-corrected chi connectivity index (χ3v) is 5.60. The molecule has 0 bridgehead atoms. The van der Waals surface area contributed by atoms with Gasteiger partial charge in [-0.25, -0.2) is 9.97 Å². The summed E-state index contributed by atoms with van der Waals surface area (Å²) in [6.07, 6.45) is 0.749. The summed E-state index contributed by atoms with van der Waals surface area (Å²) in [4.78, 5) is 22.6. The van der Waals surface area contributed by atoms with Crippen molar-refractivity contribution in [1.82, 2.24) is 29.5 Å². The predicted octanol–water partition coefficient (Wildman–Crippen LogP) is 3.32. The molecule has 4 aromatic rings. The molecule has 13 heteroatoms. The van der Waals surface area contributed by atoms with Crippen LogP contribution in [0.25, 0.3) is 16.9 Å². The smallest absolute Gasteiger partial charge is 0.337 e. The van der Waals surface area contributed by atoms with E-state index in [2.05, 4.69) is 20.4 Å². The number of nitrogens with one attached hydrogen (secondary N) is 2. The lowest BCUT2D eigenvalue weighted by molar-refractivity contribution is -0.140. The van der Waals surface area contributed by atoms with Gasteiger partial charge in [0.15, 0.2) is 11.5 Å². The van der Waals surface area contributed by atoms with E-state index in [1.165, 1.54) is 23.0 Å². The third kappa shape index (κ3) is 3.76. The van der Waals surface area contributed by atoms with Crippen molar-refractivity contribution in [3.63, 3.8) is 0 Å². The Labute approximate surface area is 189 Å². The minimum atomic E-state index is -4.60. The number of carbonyl (C=O) groups excluding carboxylic acids is 1. The first-order chi connectivity index (χ1) is 15.7. The fourth-order valence-corrected chi connectivity index (χ4v) is 3.92. The molecule has 0 unspecified atom stereocenters. The molecule has 5 rings (SSSR count). The zero-order valence-electron chi connectivity index (χ0n) is 16.8. The number of rotatable bonds is 4. The molecule has 4 heterocycles. The normalized spacial score (nSPS) is 14.5. The molecule has 1 aliphatic heterocycles. The molecule has 1 amide bonds. The Morgan fingerprint density at radius 2 is 2.03 bits per heavy atom. The molecule has 170 valence electrons. The molecule has 0 saturated carbocycles. The fourth-order valence-electron chi connectivity index (χ4n) is 3.65. The van der Waals surface area contributed by atoms with Crippen molar-refractivity contribution in [2.24, 2.45) is 5.73 Å². The van der Waals surface area contributed by atoms with Crippen LogP contribution in [0.2, 0.25) is 5.02 Å². The summed E-state index contributed by atoms with van der Waals surface area (Å²) in [5, 5.41) is 8.82. The van der Waals surface area contributed by atoms with Crippen molar-refractivity contribution in [3.8, 4) is 11.3 Å². The molecule has 1 aliphatic rings. The third-order valence-electron chi connectivity index (χ3n) is 5.29. The molecule has 0 aliphatic carbocycles. The lowest BCUT2D eigenvalue weighted by atomic mass is 10.1. The quantitative estimate of drug-likeness (QED) is 0.416. The molecular weight excluding hydrogens is 461 g/mol. The van der Waals surface area contributed by atoms with E-state index < -0.39 is 11.9 Å². The Bertz CT molecular complexity index is 1360. The highest BCUT2D eigenvalue weighted by Crippen LogP contribution is 2.36. The molecule has 4 N–H and O–H groups in total. The maximum Gasteiger partial charge on any atom is 0.433 e. The highest BCUT2D eigenvalue weighted by molar-refractivity contribution is 6.34. The van der Waals surface area contributed by atoms with Crippen LogP contribution in [0.5, 0.6) is 0 Å². The number of nitrogens with two attached hydrogens (primary N) is 1. The van der Waals surface area contributed by atoms with Crippen molar-refractivity contribution in [2.75, 3.05) is 18.4 Å². The average molecular weight is 477 g/mol. The second-order valence-electron chi connectivity index (χ2n) is 7.56. The molecule has 1 saturated heterocycles. The van der Waals surface area contributed by atoms with Crippen LogP contribution < -0.4 is 11.1 Å². The first-order valence-corrected chi connectivity index (χ1v) is 10.1. The first-order valence-electron chi connectivity index (χ1n) is 9.77. The maximum atomic E-state index is 13.3. The van der Waals surface area contributed by atoms with Crippen LogP contribution in [-0.2, 0) is 6.18 Å². The summed E-state index contributed by atoms with van der Waals surface area (Å²) >= 11 is 6.33. The van der Waals surface area contributed by atoms with Crippen LogP contribution in [0.15, 0.2) is 43.0 Å². The number of fused-ring (bicyclic) bond motifs is 1. The minimum Gasteiger partial charge on any atom is -0.337 e. The number of aromatic nitrogens is 5. The number of aromatic amines is 1. The number of alkyl halides is 3. The second-order valence-corrected chi connectivity index (χ2v) is 7.97. The number of nitrogens with zero attached hydrogens (tertiary/aromatic N) is 5. The van der Waals surface area contributed by atoms with Crippen LogP contribution in [0.3, 0.4) is 0 Å². The van der Waals surface area contributed by atoms with Gasteiger partial charge in [-0.1, -0.05) is 11.6 Å². The number of anilines is 2.